The highest BCUT2D eigenvalue weighted by atomic mass is 16.4. The van der Waals surface area contributed by atoms with E-state index in [9.17, 15) is 29.7 Å². The van der Waals surface area contributed by atoms with E-state index in [4.69, 9.17) is 4.42 Å². The molecule has 0 atom stereocenters. The Morgan fingerprint density at radius 2 is 1.43 bits per heavy atom. The Morgan fingerprint density at radius 1 is 0.750 bits per heavy atom. The first-order valence-corrected chi connectivity index (χ1v) is 14.1. The van der Waals surface area contributed by atoms with Crippen molar-refractivity contribution in [1.29, 1.82) is 0 Å². The summed E-state index contributed by atoms with van der Waals surface area (Å²) in [5, 5.41) is 31.0. The number of aromatic hydroxyl groups is 1. The average Bonchev–Trinajstić information content (AvgIpc) is 2.92. The maximum Gasteiger partial charge on any atom is 0.336 e. The Morgan fingerprint density at radius 3 is 2.05 bits per heavy atom. The van der Waals surface area contributed by atoms with Gasteiger partial charge in [-0.25, -0.2) is 9.59 Å². The average molecular weight is 545 g/mol. The molecule has 2 aromatic rings. The van der Waals surface area contributed by atoms with E-state index in [1.165, 1.54) is 24.3 Å². The molecule has 0 amide bonds. The van der Waals surface area contributed by atoms with Gasteiger partial charge in [-0.05, 0) is 61.1 Å². The number of unbranched alkanes of at least 4 members (excludes halogenated alkanes) is 6. The number of carbonyl (C=O) groups is 2. The highest BCUT2D eigenvalue weighted by Gasteiger charge is 2.25. The molecule has 1 heterocycles. The van der Waals surface area contributed by atoms with Gasteiger partial charge in [0.15, 0.2) is 5.43 Å². The molecular weight excluding hydrogens is 508 g/mol. The number of benzene rings is 3. The van der Waals surface area contributed by atoms with Gasteiger partial charge in [-0.15, -0.1) is 0 Å². The van der Waals surface area contributed by atoms with Gasteiger partial charge < -0.3 is 19.7 Å². The standard InChI is InChI=1S/C33H36O7/c1-3-5-7-9-11-20-15-25-29(18-27(20)34)40-30-19-28(35)21(12-10-8-6-4-2)16-26(30)31(25)23-14-13-22(32(36)37)17-24(23)33(38)39/h13-19,34H,3-12H2,1-2H3,(H,36,37)(H,38,39). The fourth-order valence-electron chi connectivity index (χ4n) is 5.29. The first-order chi connectivity index (χ1) is 19.2. The summed E-state index contributed by atoms with van der Waals surface area (Å²) in [5.74, 6) is -2.14. The van der Waals surface area contributed by atoms with Crippen LogP contribution in [0.25, 0.3) is 33.4 Å². The Labute approximate surface area is 233 Å². The smallest absolute Gasteiger partial charge is 0.336 e. The topological polar surface area (TPSA) is 125 Å². The lowest BCUT2D eigenvalue weighted by Crippen LogP contribution is -2.10. The molecule has 210 valence electrons. The van der Waals surface area contributed by atoms with Crippen LogP contribution in [-0.4, -0.2) is 27.3 Å². The SMILES string of the molecule is CCCCCCc1cc2c(-c3ccc(C(=O)O)cc3C(=O)O)c3cc(CCCCCC)c(=O)cc-3oc2cc1O. The summed E-state index contributed by atoms with van der Waals surface area (Å²) < 4.78 is 6.13. The zero-order valence-electron chi connectivity index (χ0n) is 23.1. The lowest BCUT2D eigenvalue weighted by atomic mass is 9.87. The lowest BCUT2D eigenvalue weighted by Gasteiger charge is -2.19. The lowest BCUT2D eigenvalue weighted by molar-refractivity contribution is 0.0696. The number of hydrogen-bond acceptors (Lipinski definition) is 5. The minimum Gasteiger partial charge on any atom is -0.508 e. The number of carboxylic acid groups (broad SMARTS) is 2. The molecule has 0 radical (unpaired) electrons. The molecule has 2 aliphatic rings. The van der Waals surface area contributed by atoms with Crippen LogP contribution >= 0.6 is 0 Å². The molecule has 7 heteroatoms. The van der Waals surface area contributed by atoms with Crippen LogP contribution in [0.1, 0.15) is 97.1 Å². The molecule has 0 fully saturated rings. The number of aromatic carboxylic acids is 2. The largest absolute Gasteiger partial charge is 0.508 e. The Hall–Kier alpha value is -4.13. The summed E-state index contributed by atoms with van der Waals surface area (Å²) in [6.45, 7) is 4.26. The van der Waals surface area contributed by atoms with Crippen molar-refractivity contribution < 1.29 is 29.3 Å². The highest BCUT2D eigenvalue weighted by molar-refractivity contribution is 6.08. The molecule has 4 rings (SSSR count). The Kier molecular flexibility index (Phi) is 9.25. The molecule has 0 spiro atoms. The van der Waals surface area contributed by atoms with Gasteiger partial charge in [0.25, 0.3) is 0 Å². The van der Waals surface area contributed by atoms with Gasteiger partial charge in [-0.2, -0.15) is 0 Å². The summed E-state index contributed by atoms with van der Waals surface area (Å²) in [5.41, 5.74) is 2.63. The van der Waals surface area contributed by atoms with Crippen LogP contribution in [0.2, 0.25) is 0 Å². The maximum absolute atomic E-state index is 13.0. The molecule has 40 heavy (non-hydrogen) atoms. The normalized spacial score (nSPS) is 11.3. The molecule has 3 N–H and O–H groups in total. The number of hydrogen-bond donors (Lipinski definition) is 3. The van der Waals surface area contributed by atoms with Gasteiger partial charge in [0, 0.05) is 34.2 Å². The van der Waals surface area contributed by atoms with Gasteiger partial charge in [-0.1, -0.05) is 58.4 Å². The first kappa shape index (κ1) is 28.9. The van der Waals surface area contributed by atoms with Crippen molar-refractivity contribution >= 4 is 22.9 Å². The molecule has 1 aliphatic heterocycles. The zero-order valence-corrected chi connectivity index (χ0v) is 23.1. The van der Waals surface area contributed by atoms with Crippen LogP contribution in [0, 0.1) is 0 Å². The fraction of sp³-hybridized carbons (Fsp3) is 0.364. The molecule has 0 bridgehead atoms. The second-order valence-electron chi connectivity index (χ2n) is 10.4. The minimum absolute atomic E-state index is 0.0765. The van der Waals surface area contributed by atoms with E-state index in [2.05, 4.69) is 13.8 Å². The zero-order chi connectivity index (χ0) is 28.8. The number of aryl methyl sites for hydroxylation is 2. The van der Waals surface area contributed by atoms with Gasteiger partial charge in [0.05, 0.1) is 11.1 Å². The van der Waals surface area contributed by atoms with E-state index in [0.29, 0.717) is 46.1 Å². The maximum atomic E-state index is 13.0. The summed E-state index contributed by atoms with van der Waals surface area (Å²) in [6, 6.07) is 10.6. The van der Waals surface area contributed by atoms with E-state index in [1.54, 1.807) is 6.07 Å². The third-order valence-corrected chi connectivity index (χ3v) is 7.47. The fourth-order valence-corrected chi connectivity index (χ4v) is 5.29. The van der Waals surface area contributed by atoms with E-state index in [1.807, 2.05) is 6.07 Å². The monoisotopic (exact) mass is 544 g/mol. The number of phenols is 1. The van der Waals surface area contributed by atoms with E-state index < -0.39 is 11.9 Å². The Balaban J connectivity index is 2.00. The number of fused-ring (bicyclic) bond motifs is 2. The van der Waals surface area contributed by atoms with Crippen molar-refractivity contribution in [3.8, 4) is 28.2 Å². The number of carboxylic acids is 2. The van der Waals surface area contributed by atoms with Crippen molar-refractivity contribution in [3.63, 3.8) is 0 Å². The van der Waals surface area contributed by atoms with E-state index in [-0.39, 0.29) is 28.1 Å². The second-order valence-corrected chi connectivity index (χ2v) is 10.4. The van der Waals surface area contributed by atoms with Gasteiger partial charge >= 0.3 is 11.9 Å². The minimum atomic E-state index is -1.26. The van der Waals surface area contributed by atoms with Crippen LogP contribution < -0.4 is 5.43 Å². The summed E-state index contributed by atoms with van der Waals surface area (Å²) in [4.78, 5) is 37.0. The molecule has 2 aromatic carbocycles. The van der Waals surface area contributed by atoms with Gasteiger partial charge in [0.1, 0.15) is 17.1 Å². The first-order valence-electron chi connectivity index (χ1n) is 14.1. The molecule has 1 aliphatic carbocycles. The summed E-state index contributed by atoms with van der Waals surface area (Å²) in [7, 11) is 0. The predicted molar refractivity (Wildman–Crippen MR) is 156 cm³/mol. The quantitative estimate of drug-likeness (QED) is 0.115. The summed E-state index contributed by atoms with van der Waals surface area (Å²) >= 11 is 0. The molecule has 7 nitrogen and oxygen atoms in total. The van der Waals surface area contributed by atoms with Crippen molar-refractivity contribution in [3.05, 3.63) is 74.9 Å². The van der Waals surface area contributed by atoms with Crippen molar-refractivity contribution in [2.45, 2.75) is 78.1 Å². The molecule has 0 aromatic heterocycles. The van der Waals surface area contributed by atoms with Crippen LogP contribution in [0.4, 0.5) is 0 Å². The Bertz CT molecular complexity index is 1560. The number of rotatable bonds is 13. The highest BCUT2D eigenvalue weighted by Crippen LogP contribution is 2.43. The molecular formula is C33H36O7. The van der Waals surface area contributed by atoms with E-state index >= 15 is 0 Å². The van der Waals surface area contributed by atoms with Gasteiger partial charge in [0.2, 0.25) is 0 Å². The number of phenolic OH excluding ortho intramolecular Hbond substituents is 1. The molecule has 0 saturated heterocycles. The third kappa shape index (κ3) is 6.19. The van der Waals surface area contributed by atoms with Crippen molar-refractivity contribution in [2.75, 3.05) is 0 Å². The predicted octanol–water partition coefficient (Wildman–Crippen LogP) is 7.91. The third-order valence-electron chi connectivity index (χ3n) is 7.47. The van der Waals surface area contributed by atoms with Crippen molar-refractivity contribution in [2.24, 2.45) is 0 Å². The molecule has 0 unspecified atom stereocenters. The second kappa shape index (κ2) is 12.8. The van der Waals surface area contributed by atoms with Crippen LogP contribution in [0.3, 0.4) is 0 Å². The van der Waals surface area contributed by atoms with Crippen molar-refractivity contribution in [1.82, 2.24) is 0 Å². The molecule has 0 saturated carbocycles. The van der Waals surface area contributed by atoms with Crippen LogP contribution in [-0.2, 0) is 12.8 Å². The van der Waals surface area contributed by atoms with Crippen LogP contribution in [0.5, 0.6) is 5.75 Å². The summed E-state index contributed by atoms with van der Waals surface area (Å²) in [6.07, 6.45) is 9.35. The van der Waals surface area contributed by atoms with E-state index in [0.717, 1.165) is 63.0 Å². The van der Waals surface area contributed by atoms with Crippen LogP contribution in [0.15, 0.2) is 51.7 Å². The van der Waals surface area contributed by atoms with Gasteiger partial charge in [-0.3, -0.25) is 4.79 Å².